The number of guanidine groups is 1. The first-order valence-electron chi connectivity index (χ1n) is 7.74. The molecular formula is C16H28N4O2. The lowest BCUT2D eigenvalue weighted by molar-refractivity contribution is 0.179. The lowest BCUT2D eigenvalue weighted by Gasteiger charge is -2.17. The summed E-state index contributed by atoms with van der Waals surface area (Å²) < 4.78 is 10.8. The quantitative estimate of drug-likeness (QED) is 0.415. The number of hydrogen-bond acceptors (Lipinski definition) is 4. The molecule has 0 saturated heterocycles. The minimum atomic E-state index is 0.186. The van der Waals surface area contributed by atoms with Crippen LogP contribution in [0.25, 0.3) is 0 Å². The van der Waals surface area contributed by atoms with Crippen LogP contribution in [0.2, 0.25) is 0 Å². The van der Waals surface area contributed by atoms with E-state index >= 15 is 0 Å². The second-order valence-corrected chi connectivity index (χ2v) is 5.10. The van der Waals surface area contributed by atoms with Gasteiger partial charge in [0.15, 0.2) is 5.96 Å². The first-order valence-corrected chi connectivity index (χ1v) is 7.74. The maximum atomic E-state index is 5.73. The molecule has 0 fully saturated rings. The number of aliphatic imine (C=N–C) groups is 1. The molecule has 124 valence electrons. The third kappa shape index (κ3) is 6.76. The minimum Gasteiger partial charge on any atom is -0.477 e. The third-order valence-corrected chi connectivity index (χ3v) is 3.06. The smallest absolute Gasteiger partial charge is 0.218 e. The van der Waals surface area contributed by atoms with Crippen LogP contribution < -0.4 is 15.4 Å². The van der Waals surface area contributed by atoms with Crippen LogP contribution in [-0.2, 0) is 11.3 Å². The Balaban J connectivity index is 2.55. The molecule has 6 nitrogen and oxygen atoms in total. The molecule has 0 aliphatic rings. The zero-order valence-corrected chi connectivity index (χ0v) is 14.1. The van der Waals surface area contributed by atoms with Gasteiger partial charge in [-0.2, -0.15) is 0 Å². The van der Waals surface area contributed by atoms with Gasteiger partial charge < -0.3 is 20.1 Å². The van der Waals surface area contributed by atoms with E-state index in [9.17, 15) is 0 Å². The summed E-state index contributed by atoms with van der Waals surface area (Å²) in [6.07, 6.45) is 3.88. The number of aromatic nitrogens is 1. The van der Waals surface area contributed by atoms with Crippen LogP contribution in [0.3, 0.4) is 0 Å². The fourth-order valence-corrected chi connectivity index (χ4v) is 1.90. The Labute approximate surface area is 133 Å². The Morgan fingerprint density at radius 1 is 1.45 bits per heavy atom. The average Bonchev–Trinajstić information content (AvgIpc) is 2.53. The van der Waals surface area contributed by atoms with Crippen molar-refractivity contribution in [1.29, 1.82) is 0 Å². The van der Waals surface area contributed by atoms with E-state index in [2.05, 4.69) is 27.5 Å². The molecule has 1 heterocycles. The van der Waals surface area contributed by atoms with Crippen molar-refractivity contribution in [2.24, 2.45) is 4.99 Å². The minimum absolute atomic E-state index is 0.186. The molecule has 0 amide bonds. The van der Waals surface area contributed by atoms with Crippen LogP contribution in [0, 0.1) is 0 Å². The van der Waals surface area contributed by atoms with E-state index in [1.165, 1.54) is 0 Å². The summed E-state index contributed by atoms with van der Waals surface area (Å²) in [4.78, 5) is 8.51. The van der Waals surface area contributed by atoms with E-state index in [-0.39, 0.29) is 6.04 Å². The molecule has 0 radical (unpaired) electrons. The van der Waals surface area contributed by atoms with Crippen LogP contribution in [-0.4, -0.2) is 44.4 Å². The Kier molecular flexibility index (Phi) is 8.98. The molecule has 22 heavy (non-hydrogen) atoms. The molecule has 1 aromatic heterocycles. The van der Waals surface area contributed by atoms with Crippen molar-refractivity contribution in [2.45, 2.75) is 39.3 Å². The van der Waals surface area contributed by atoms with Gasteiger partial charge in [0.2, 0.25) is 5.88 Å². The van der Waals surface area contributed by atoms with Crippen molar-refractivity contribution in [2.75, 3.05) is 27.4 Å². The molecule has 0 aliphatic carbocycles. The van der Waals surface area contributed by atoms with Gasteiger partial charge in [-0.05, 0) is 19.4 Å². The monoisotopic (exact) mass is 308 g/mol. The van der Waals surface area contributed by atoms with E-state index < -0.39 is 0 Å². The van der Waals surface area contributed by atoms with E-state index in [4.69, 9.17) is 9.47 Å². The molecule has 2 N–H and O–H groups in total. The first kappa shape index (κ1) is 18.2. The van der Waals surface area contributed by atoms with Gasteiger partial charge in [0.25, 0.3) is 0 Å². The molecule has 1 unspecified atom stereocenters. The number of nitrogens with zero attached hydrogens (tertiary/aromatic N) is 2. The van der Waals surface area contributed by atoms with Crippen molar-refractivity contribution in [3.05, 3.63) is 23.9 Å². The molecule has 0 saturated carbocycles. The highest BCUT2D eigenvalue weighted by Gasteiger charge is 2.08. The van der Waals surface area contributed by atoms with E-state index in [0.717, 1.165) is 24.4 Å². The summed E-state index contributed by atoms with van der Waals surface area (Å²) in [5, 5.41) is 6.53. The predicted octanol–water partition coefficient (Wildman–Crippen LogP) is 1.96. The molecule has 1 atom stereocenters. The van der Waals surface area contributed by atoms with Gasteiger partial charge >= 0.3 is 0 Å². The van der Waals surface area contributed by atoms with Crippen molar-refractivity contribution in [3.8, 4) is 5.88 Å². The van der Waals surface area contributed by atoms with Gasteiger partial charge in [-0.3, -0.25) is 4.99 Å². The highest BCUT2D eigenvalue weighted by atomic mass is 16.5. The summed E-state index contributed by atoms with van der Waals surface area (Å²) in [7, 11) is 3.43. The molecule has 0 bridgehead atoms. The maximum absolute atomic E-state index is 5.73. The fourth-order valence-electron chi connectivity index (χ4n) is 1.90. The molecule has 1 rings (SSSR count). The van der Waals surface area contributed by atoms with Crippen molar-refractivity contribution in [1.82, 2.24) is 15.6 Å². The third-order valence-electron chi connectivity index (χ3n) is 3.06. The van der Waals surface area contributed by atoms with Gasteiger partial charge in [0, 0.05) is 38.5 Å². The Morgan fingerprint density at radius 2 is 2.27 bits per heavy atom. The molecule has 1 aromatic rings. The summed E-state index contributed by atoms with van der Waals surface area (Å²) in [5.41, 5.74) is 1.01. The lowest BCUT2D eigenvalue weighted by Crippen LogP contribution is -2.43. The van der Waals surface area contributed by atoms with Crippen LogP contribution in [0.5, 0.6) is 5.88 Å². The Morgan fingerprint density at radius 3 is 2.95 bits per heavy atom. The van der Waals surface area contributed by atoms with Crippen molar-refractivity contribution < 1.29 is 9.47 Å². The molecular weight excluding hydrogens is 280 g/mol. The summed E-state index contributed by atoms with van der Waals surface area (Å²) >= 11 is 0. The second-order valence-electron chi connectivity index (χ2n) is 5.10. The number of pyridine rings is 1. The van der Waals surface area contributed by atoms with E-state index in [0.29, 0.717) is 25.6 Å². The summed E-state index contributed by atoms with van der Waals surface area (Å²) in [6.45, 7) is 6.10. The van der Waals surface area contributed by atoms with Gasteiger partial charge in [0.1, 0.15) is 0 Å². The predicted molar refractivity (Wildman–Crippen MR) is 89.3 cm³/mol. The number of methoxy groups -OCH3 is 1. The summed E-state index contributed by atoms with van der Waals surface area (Å²) in [6, 6.07) is 4.10. The standard InChI is InChI=1S/C16H28N4O2/c1-5-6-10-22-15-14(8-7-9-18-15)11-19-16(17-3)20-13(2)12-21-4/h7-9,13H,5-6,10-12H2,1-4H3,(H2,17,19,20). The zero-order valence-electron chi connectivity index (χ0n) is 14.1. The van der Waals surface area contributed by atoms with Crippen LogP contribution in [0.1, 0.15) is 32.3 Å². The van der Waals surface area contributed by atoms with E-state index in [1.807, 2.05) is 19.1 Å². The van der Waals surface area contributed by atoms with Gasteiger partial charge in [-0.15, -0.1) is 0 Å². The molecule has 0 aromatic carbocycles. The lowest BCUT2D eigenvalue weighted by atomic mass is 10.2. The zero-order chi connectivity index (χ0) is 16.2. The highest BCUT2D eigenvalue weighted by molar-refractivity contribution is 5.79. The average molecular weight is 308 g/mol. The van der Waals surface area contributed by atoms with Gasteiger partial charge in [-0.1, -0.05) is 19.4 Å². The van der Waals surface area contributed by atoms with Gasteiger partial charge in [-0.25, -0.2) is 4.98 Å². The number of ether oxygens (including phenoxy) is 2. The van der Waals surface area contributed by atoms with Crippen LogP contribution >= 0.6 is 0 Å². The Bertz CT molecular complexity index is 452. The Hall–Kier alpha value is -1.82. The second kappa shape index (κ2) is 10.8. The SMILES string of the molecule is CCCCOc1ncccc1CNC(=NC)NC(C)COC. The van der Waals surface area contributed by atoms with Crippen molar-refractivity contribution in [3.63, 3.8) is 0 Å². The highest BCUT2D eigenvalue weighted by Crippen LogP contribution is 2.14. The number of unbranched alkanes of at least 4 members (excludes halogenated alkanes) is 1. The molecule has 0 aliphatic heterocycles. The fraction of sp³-hybridized carbons (Fsp3) is 0.625. The van der Waals surface area contributed by atoms with E-state index in [1.54, 1.807) is 20.4 Å². The maximum Gasteiger partial charge on any atom is 0.218 e. The summed E-state index contributed by atoms with van der Waals surface area (Å²) in [5.74, 6) is 1.41. The van der Waals surface area contributed by atoms with Crippen LogP contribution in [0.4, 0.5) is 0 Å². The largest absolute Gasteiger partial charge is 0.477 e. The number of hydrogen-bond donors (Lipinski definition) is 2. The number of nitrogens with one attached hydrogen (secondary N) is 2. The topological polar surface area (TPSA) is 67.8 Å². The molecule has 6 heteroatoms. The van der Waals surface area contributed by atoms with Crippen molar-refractivity contribution >= 4 is 5.96 Å². The van der Waals surface area contributed by atoms with Gasteiger partial charge in [0.05, 0.1) is 13.2 Å². The normalized spacial score (nSPS) is 12.8. The molecule has 0 spiro atoms. The first-order chi connectivity index (χ1) is 10.7. The van der Waals surface area contributed by atoms with Crippen LogP contribution in [0.15, 0.2) is 23.3 Å². The number of rotatable bonds is 9.